The number of carbonyl (C=O) groups is 1. The van der Waals surface area contributed by atoms with Gasteiger partial charge in [-0.05, 0) is 25.8 Å². The fraction of sp³-hybridized carbons (Fsp3) is 0.562. The molecule has 3 unspecified atom stereocenters. The summed E-state index contributed by atoms with van der Waals surface area (Å²) >= 11 is 0. The Bertz CT molecular complexity index is 395. The number of aliphatic hydroxyl groups is 1. The predicted molar refractivity (Wildman–Crippen MR) is 81.4 cm³/mol. The van der Waals surface area contributed by atoms with Gasteiger partial charge in [0.05, 0.1) is 18.7 Å². The first-order chi connectivity index (χ1) is 9.58. The lowest BCUT2D eigenvalue weighted by Gasteiger charge is -2.23. The highest BCUT2D eigenvalue weighted by Gasteiger charge is 2.19. The van der Waals surface area contributed by atoms with Crippen molar-refractivity contribution in [3.8, 4) is 0 Å². The highest BCUT2D eigenvalue weighted by atomic mass is 16.3. The van der Waals surface area contributed by atoms with Crippen LogP contribution in [0.3, 0.4) is 0 Å². The predicted octanol–water partition coefficient (Wildman–Crippen LogP) is 2.00. The fourth-order valence-corrected chi connectivity index (χ4v) is 2.19. The average Bonchev–Trinajstić information content (AvgIpc) is 2.45. The molecule has 4 nitrogen and oxygen atoms in total. The third kappa shape index (κ3) is 5.31. The second-order valence-electron chi connectivity index (χ2n) is 5.23. The minimum atomic E-state index is -0.341. The van der Waals surface area contributed by atoms with Gasteiger partial charge >= 0.3 is 0 Å². The summed E-state index contributed by atoms with van der Waals surface area (Å²) in [7, 11) is 0. The Labute approximate surface area is 121 Å². The Hall–Kier alpha value is -1.39. The van der Waals surface area contributed by atoms with Gasteiger partial charge in [-0.2, -0.15) is 0 Å². The molecule has 0 aromatic heterocycles. The van der Waals surface area contributed by atoms with Crippen LogP contribution in [0, 0.1) is 0 Å². The largest absolute Gasteiger partial charge is 0.394 e. The zero-order valence-electron chi connectivity index (χ0n) is 12.6. The molecule has 0 heterocycles. The van der Waals surface area contributed by atoms with Crippen LogP contribution in [0.1, 0.15) is 45.2 Å². The summed E-state index contributed by atoms with van der Waals surface area (Å²) in [5.74, 6) is -0.0275. The topological polar surface area (TPSA) is 61.4 Å². The normalized spacial score (nSPS) is 15.4. The summed E-state index contributed by atoms with van der Waals surface area (Å²) < 4.78 is 0. The van der Waals surface area contributed by atoms with Crippen molar-refractivity contribution in [3.63, 3.8) is 0 Å². The van der Waals surface area contributed by atoms with Crippen molar-refractivity contribution in [2.75, 3.05) is 6.61 Å². The standard InChI is InChI=1S/C16H26N2O2/c1-4-8-12(2)17-16(20)13(3)18-15(11-19)14-9-6-5-7-10-14/h5-7,9-10,12-13,15,18-19H,4,8,11H2,1-3H3,(H,17,20). The van der Waals surface area contributed by atoms with Crippen LogP contribution in [0.5, 0.6) is 0 Å². The van der Waals surface area contributed by atoms with Crippen LogP contribution in [0.4, 0.5) is 0 Å². The van der Waals surface area contributed by atoms with E-state index in [9.17, 15) is 9.90 Å². The van der Waals surface area contributed by atoms with E-state index in [4.69, 9.17) is 0 Å². The van der Waals surface area contributed by atoms with E-state index >= 15 is 0 Å². The molecule has 0 spiro atoms. The smallest absolute Gasteiger partial charge is 0.237 e. The molecule has 20 heavy (non-hydrogen) atoms. The number of rotatable bonds is 8. The number of aliphatic hydroxyl groups excluding tert-OH is 1. The molecule has 0 radical (unpaired) electrons. The van der Waals surface area contributed by atoms with Gasteiger partial charge in [0.25, 0.3) is 0 Å². The number of hydrogen-bond acceptors (Lipinski definition) is 3. The van der Waals surface area contributed by atoms with Gasteiger partial charge in [0.2, 0.25) is 5.91 Å². The van der Waals surface area contributed by atoms with Gasteiger partial charge in [-0.3, -0.25) is 10.1 Å². The van der Waals surface area contributed by atoms with Crippen LogP contribution < -0.4 is 10.6 Å². The molecule has 1 aromatic rings. The van der Waals surface area contributed by atoms with E-state index in [1.165, 1.54) is 0 Å². The highest BCUT2D eigenvalue weighted by Crippen LogP contribution is 2.12. The van der Waals surface area contributed by atoms with Gasteiger partial charge in [0, 0.05) is 6.04 Å². The summed E-state index contributed by atoms with van der Waals surface area (Å²) in [5.41, 5.74) is 0.983. The first-order valence-electron chi connectivity index (χ1n) is 7.30. The van der Waals surface area contributed by atoms with Crippen molar-refractivity contribution >= 4 is 5.91 Å². The molecular weight excluding hydrogens is 252 g/mol. The minimum Gasteiger partial charge on any atom is -0.394 e. The molecule has 0 aliphatic heterocycles. The van der Waals surface area contributed by atoms with Crippen LogP contribution >= 0.6 is 0 Å². The van der Waals surface area contributed by atoms with Gasteiger partial charge in [0.1, 0.15) is 0 Å². The maximum atomic E-state index is 12.1. The van der Waals surface area contributed by atoms with E-state index in [-0.39, 0.29) is 30.6 Å². The molecule has 0 aliphatic rings. The Morgan fingerprint density at radius 3 is 2.45 bits per heavy atom. The molecule has 1 rings (SSSR count). The monoisotopic (exact) mass is 278 g/mol. The van der Waals surface area contributed by atoms with Crippen LogP contribution in [-0.2, 0) is 4.79 Å². The molecule has 3 atom stereocenters. The second kappa shape index (κ2) is 8.72. The molecule has 0 bridgehead atoms. The summed E-state index contributed by atoms with van der Waals surface area (Å²) in [6.45, 7) is 5.89. The number of nitrogens with one attached hydrogen (secondary N) is 2. The average molecular weight is 278 g/mol. The van der Waals surface area contributed by atoms with Crippen LogP contribution in [0.25, 0.3) is 0 Å². The zero-order valence-corrected chi connectivity index (χ0v) is 12.6. The Morgan fingerprint density at radius 2 is 1.90 bits per heavy atom. The lowest BCUT2D eigenvalue weighted by atomic mass is 10.1. The lowest BCUT2D eigenvalue weighted by Crippen LogP contribution is -2.47. The van der Waals surface area contributed by atoms with Crippen molar-refractivity contribution in [2.45, 2.75) is 51.7 Å². The van der Waals surface area contributed by atoms with Crippen molar-refractivity contribution in [1.29, 1.82) is 0 Å². The molecule has 4 heteroatoms. The van der Waals surface area contributed by atoms with Crippen LogP contribution in [-0.4, -0.2) is 29.7 Å². The number of amides is 1. The molecular formula is C16H26N2O2. The van der Waals surface area contributed by atoms with E-state index in [2.05, 4.69) is 17.6 Å². The number of hydrogen-bond donors (Lipinski definition) is 3. The summed E-state index contributed by atoms with van der Waals surface area (Å²) in [5, 5.41) is 15.6. The first-order valence-corrected chi connectivity index (χ1v) is 7.30. The quantitative estimate of drug-likeness (QED) is 0.681. The highest BCUT2D eigenvalue weighted by molar-refractivity contribution is 5.81. The maximum Gasteiger partial charge on any atom is 0.237 e. The Kier molecular flexibility index (Phi) is 7.26. The lowest BCUT2D eigenvalue weighted by molar-refractivity contribution is -0.123. The summed E-state index contributed by atoms with van der Waals surface area (Å²) in [6, 6.07) is 9.28. The van der Waals surface area contributed by atoms with Gasteiger partial charge in [-0.25, -0.2) is 0 Å². The third-order valence-electron chi connectivity index (χ3n) is 3.34. The van der Waals surface area contributed by atoms with Crippen molar-refractivity contribution in [1.82, 2.24) is 10.6 Å². The van der Waals surface area contributed by atoms with Gasteiger partial charge in [-0.15, -0.1) is 0 Å². The van der Waals surface area contributed by atoms with E-state index < -0.39 is 0 Å². The molecule has 1 amide bonds. The minimum absolute atomic E-state index is 0.0275. The Balaban J connectivity index is 2.55. The summed E-state index contributed by atoms with van der Waals surface area (Å²) in [6.07, 6.45) is 2.02. The maximum absolute atomic E-state index is 12.1. The van der Waals surface area contributed by atoms with E-state index in [1.54, 1.807) is 0 Å². The molecule has 3 N–H and O–H groups in total. The fourth-order valence-electron chi connectivity index (χ4n) is 2.19. The molecule has 0 fully saturated rings. The van der Waals surface area contributed by atoms with E-state index in [0.717, 1.165) is 18.4 Å². The molecule has 112 valence electrons. The summed E-state index contributed by atoms with van der Waals surface area (Å²) in [4.78, 5) is 12.1. The zero-order chi connectivity index (χ0) is 15.0. The second-order valence-corrected chi connectivity index (χ2v) is 5.23. The van der Waals surface area contributed by atoms with Gasteiger partial charge < -0.3 is 10.4 Å². The molecule has 1 aromatic carbocycles. The molecule has 0 saturated heterocycles. The number of carbonyl (C=O) groups excluding carboxylic acids is 1. The van der Waals surface area contributed by atoms with E-state index in [1.807, 2.05) is 44.2 Å². The SMILES string of the molecule is CCCC(C)NC(=O)C(C)NC(CO)c1ccccc1. The van der Waals surface area contributed by atoms with E-state index in [0.29, 0.717) is 0 Å². The van der Waals surface area contributed by atoms with Crippen molar-refractivity contribution < 1.29 is 9.90 Å². The van der Waals surface area contributed by atoms with Crippen molar-refractivity contribution in [2.24, 2.45) is 0 Å². The number of benzene rings is 1. The van der Waals surface area contributed by atoms with Crippen LogP contribution in [0.2, 0.25) is 0 Å². The van der Waals surface area contributed by atoms with Gasteiger partial charge in [0.15, 0.2) is 0 Å². The molecule has 0 aliphatic carbocycles. The van der Waals surface area contributed by atoms with Crippen molar-refractivity contribution in [3.05, 3.63) is 35.9 Å². The third-order valence-corrected chi connectivity index (χ3v) is 3.34. The van der Waals surface area contributed by atoms with Crippen LogP contribution in [0.15, 0.2) is 30.3 Å². The first kappa shape index (κ1) is 16.7. The Morgan fingerprint density at radius 1 is 1.25 bits per heavy atom. The van der Waals surface area contributed by atoms with Gasteiger partial charge in [-0.1, -0.05) is 43.7 Å². The molecule has 0 saturated carbocycles.